The number of hydrogen-bond acceptors (Lipinski definition) is 6. The molecule has 2 amide bonds. The Labute approximate surface area is 203 Å². The molecular weight excluding hydrogens is 458 g/mol. The van der Waals surface area contributed by atoms with E-state index in [4.69, 9.17) is 4.74 Å². The third-order valence-corrected chi connectivity index (χ3v) is 5.31. The van der Waals surface area contributed by atoms with Crippen LogP contribution >= 0.6 is 0 Å². The van der Waals surface area contributed by atoms with Gasteiger partial charge in [-0.3, -0.25) is 15.2 Å². The van der Waals surface area contributed by atoms with E-state index in [1.165, 1.54) is 36.4 Å². The van der Waals surface area contributed by atoms with Gasteiger partial charge in [0.25, 0.3) is 5.91 Å². The number of hydrazine groups is 1. The van der Waals surface area contributed by atoms with Crippen molar-refractivity contribution in [2.75, 3.05) is 10.3 Å². The minimum Gasteiger partial charge on any atom is -0.444 e. The predicted molar refractivity (Wildman–Crippen MR) is 129 cm³/mol. The third-order valence-electron chi connectivity index (χ3n) is 5.31. The first-order valence-electron chi connectivity index (χ1n) is 11.6. The number of nitrogens with zero attached hydrogens (tertiary/aromatic N) is 1. The van der Waals surface area contributed by atoms with Crippen LogP contribution in [0, 0.1) is 11.6 Å². The van der Waals surface area contributed by atoms with E-state index in [1.807, 2.05) is 0 Å². The number of benzene rings is 2. The fourth-order valence-electron chi connectivity index (χ4n) is 3.46. The summed E-state index contributed by atoms with van der Waals surface area (Å²) in [4.78, 5) is 25.3. The first-order chi connectivity index (χ1) is 16.5. The lowest BCUT2D eigenvalue weighted by Gasteiger charge is -2.28. The van der Waals surface area contributed by atoms with Gasteiger partial charge in [-0.15, -0.1) is 0 Å². The van der Waals surface area contributed by atoms with Crippen LogP contribution in [0.3, 0.4) is 0 Å². The van der Waals surface area contributed by atoms with E-state index in [0.29, 0.717) is 12.1 Å². The Hall–Kier alpha value is -3.40. The Morgan fingerprint density at radius 3 is 2.37 bits per heavy atom. The largest absolute Gasteiger partial charge is 0.444 e. The van der Waals surface area contributed by atoms with Gasteiger partial charge < -0.3 is 20.5 Å². The number of carbonyl (C=O) groups is 2. The number of ether oxygens (including phenoxy) is 1. The van der Waals surface area contributed by atoms with Crippen molar-refractivity contribution in [3.05, 3.63) is 59.7 Å². The number of amides is 2. The SMILES string of the molecule is CCC(NC(=O)OC(C)(C)C)C(O)Nc1cccc(F)c1C(=O)NN(c1ccc(F)cc1)C1CC1. The van der Waals surface area contributed by atoms with E-state index < -0.39 is 41.5 Å². The van der Waals surface area contributed by atoms with Gasteiger partial charge in [0.15, 0.2) is 0 Å². The van der Waals surface area contributed by atoms with Crippen LogP contribution < -0.4 is 21.1 Å². The molecule has 0 bridgehead atoms. The van der Waals surface area contributed by atoms with E-state index >= 15 is 0 Å². The standard InChI is InChI=1S/C25H32F2N4O4/c1-5-19(29-24(34)35-25(2,3)4)22(32)28-20-8-6-7-18(27)21(20)23(33)30-31(17-13-14-17)16-11-9-15(26)10-12-16/h6-12,17,19,22,28,32H,5,13-14H2,1-4H3,(H,29,34)(H,30,33). The summed E-state index contributed by atoms with van der Waals surface area (Å²) in [5.41, 5.74) is 2.31. The molecule has 2 aromatic rings. The summed E-state index contributed by atoms with van der Waals surface area (Å²) in [6.45, 7) is 6.91. The second kappa shape index (κ2) is 10.9. The fraction of sp³-hybridized carbons (Fsp3) is 0.440. The average molecular weight is 491 g/mol. The zero-order chi connectivity index (χ0) is 25.8. The molecule has 0 saturated heterocycles. The van der Waals surface area contributed by atoms with Gasteiger partial charge >= 0.3 is 6.09 Å². The van der Waals surface area contributed by atoms with Crippen molar-refractivity contribution in [3.63, 3.8) is 0 Å². The second-order valence-corrected chi connectivity index (χ2v) is 9.43. The molecule has 4 N–H and O–H groups in total. The van der Waals surface area contributed by atoms with Crippen molar-refractivity contribution in [2.45, 2.75) is 70.9 Å². The molecule has 1 saturated carbocycles. The molecule has 2 aromatic carbocycles. The number of halogens is 2. The van der Waals surface area contributed by atoms with Gasteiger partial charge in [-0.25, -0.2) is 13.6 Å². The van der Waals surface area contributed by atoms with Gasteiger partial charge in [0.1, 0.15) is 23.5 Å². The lowest BCUT2D eigenvalue weighted by Crippen LogP contribution is -2.48. The summed E-state index contributed by atoms with van der Waals surface area (Å²) in [7, 11) is 0. The molecule has 35 heavy (non-hydrogen) atoms. The summed E-state index contributed by atoms with van der Waals surface area (Å²) in [5, 5.41) is 17.6. The molecule has 3 rings (SSSR count). The molecular formula is C25H32F2N4O4. The monoisotopic (exact) mass is 490 g/mol. The molecule has 0 aliphatic heterocycles. The first-order valence-corrected chi connectivity index (χ1v) is 11.6. The predicted octanol–water partition coefficient (Wildman–Crippen LogP) is 4.31. The van der Waals surface area contributed by atoms with Crippen molar-refractivity contribution < 1.29 is 28.2 Å². The summed E-state index contributed by atoms with van der Waals surface area (Å²) >= 11 is 0. The number of hydrogen-bond donors (Lipinski definition) is 4. The van der Waals surface area contributed by atoms with Crippen molar-refractivity contribution >= 4 is 23.4 Å². The minimum absolute atomic E-state index is 0.0145. The van der Waals surface area contributed by atoms with Crippen LogP contribution in [0.1, 0.15) is 57.3 Å². The molecule has 1 aliphatic carbocycles. The summed E-state index contributed by atoms with van der Waals surface area (Å²) in [6.07, 6.45) is -0.0514. The Morgan fingerprint density at radius 2 is 1.80 bits per heavy atom. The Morgan fingerprint density at radius 1 is 1.14 bits per heavy atom. The lowest BCUT2D eigenvalue weighted by molar-refractivity contribution is 0.0440. The van der Waals surface area contributed by atoms with Crippen LogP contribution in [0.15, 0.2) is 42.5 Å². The van der Waals surface area contributed by atoms with Gasteiger partial charge in [-0.2, -0.15) is 0 Å². The Kier molecular flexibility index (Phi) is 8.16. The minimum atomic E-state index is -1.34. The van der Waals surface area contributed by atoms with Crippen LogP contribution in [-0.2, 0) is 4.74 Å². The molecule has 0 heterocycles. The quantitative estimate of drug-likeness (QED) is 0.309. The van der Waals surface area contributed by atoms with Crippen molar-refractivity contribution in [1.29, 1.82) is 0 Å². The molecule has 1 aliphatic rings. The Bertz CT molecular complexity index is 1040. The lowest BCUT2D eigenvalue weighted by atomic mass is 10.1. The Balaban J connectivity index is 1.76. The number of anilines is 2. The molecule has 8 nitrogen and oxygen atoms in total. The summed E-state index contributed by atoms with van der Waals surface area (Å²) < 4.78 is 33.4. The van der Waals surface area contributed by atoms with E-state index in [-0.39, 0.29) is 17.3 Å². The third kappa shape index (κ3) is 7.29. The average Bonchev–Trinajstić information content (AvgIpc) is 3.60. The highest BCUT2D eigenvalue weighted by Crippen LogP contribution is 2.31. The molecule has 0 radical (unpaired) electrons. The number of rotatable bonds is 9. The summed E-state index contributed by atoms with van der Waals surface area (Å²) in [6, 6.07) is 8.88. The number of aliphatic hydroxyl groups is 1. The van der Waals surface area contributed by atoms with Gasteiger partial charge in [-0.05, 0) is 76.4 Å². The molecule has 2 unspecified atom stereocenters. The van der Waals surface area contributed by atoms with Crippen molar-refractivity contribution in [2.24, 2.45) is 0 Å². The van der Waals surface area contributed by atoms with Crippen LogP contribution in [0.4, 0.5) is 25.0 Å². The van der Waals surface area contributed by atoms with E-state index in [1.54, 1.807) is 32.7 Å². The molecule has 10 heteroatoms. The maximum Gasteiger partial charge on any atom is 0.408 e. The molecule has 0 aromatic heterocycles. The highest BCUT2D eigenvalue weighted by Gasteiger charge is 2.32. The zero-order valence-corrected chi connectivity index (χ0v) is 20.3. The van der Waals surface area contributed by atoms with Crippen molar-refractivity contribution in [1.82, 2.24) is 10.7 Å². The topological polar surface area (TPSA) is 103 Å². The molecule has 2 atom stereocenters. The highest BCUT2D eigenvalue weighted by atomic mass is 19.1. The summed E-state index contributed by atoms with van der Waals surface area (Å²) in [5.74, 6) is -1.93. The maximum atomic E-state index is 14.8. The van der Waals surface area contributed by atoms with Gasteiger partial charge in [-0.1, -0.05) is 13.0 Å². The van der Waals surface area contributed by atoms with Crippen LogP contribution in [0.25, 0.3) is 0 Å². The van der Waals surface area contributed by atoms with Crippen LogP contribution in [0.5, 0.6) is 0 Å². The number of aliphatic hydroxyl groups excluding tert-OH is 1. The number of carbonyl (C=O) groups excluding carboxylic acids is 2. The molecule has 1 fully saturated rings. The first kappa shape index (κ1) is 26.2. The highest BCUT2D eigenvalue weighted by molar-refractivity contribution is 6.00. The van der Waals surface area contributed by atoms with Gasteiger partial charge in [0.05, 0.1) is 29.0 Å². The zero-order valence-electron chi connectivity index (χ0n) is 20.3. The maximum absolute atomic E-state index is 14.8. The van der Waals surface area contributed by atoms with E-state index in [0.717, 1.165) is 18.9 Å². The number of alkyl carbamates (subject to hydrolysis) is 1. The van der Waals surface area contributed by atoms with Crippen LogP contribution in [0.2, 0.25) is 0 Å². The van der Waals surface area contributed by atoms with Gasteiger partial charge in [0, 0.05) is 0 Å². The van der Waals surface area contributed by atoms with Crippen molar-refractivity contribution in [3.8, 4) is 0 Å². The smallest absolute Gasteiger partial charge is 0.408 e. The molecule has 190 valence electrons. The second-order valence-electron chi connectivity index (χ2n) is 9.43. The van der Waals surface area contributed by atoms with E-state index in [9.17, 15) is 23.5 Å². The van der Waals surface area contributed by atoms with Gasteiger partial charge in [0.2, 0.25) is 0 Å². The fourth-order valence-corrected chi connectivity index (χ4v) is 3.46. The van der Waals surface area contributed by atoms with E-state index in [2.05, 4.69) is 16.1 Å². The molecule has 0 spiro atoms. The number of nitrogens with one attached hydrogen (secondary N) is 3. The normalized spacial score (nSPS) is 15.1. The van der Waals surface area contributed by atoms with Crippen LogP contribution in [-0.4, -0.2) is 41.0 Å².